The zero-order chi connectivity index (χ0) is 13.3. The van der Waals surface area contributed by atoms with Crippen molar-refractivity contribution in [3.63, 3.8) is 0 Å². The Morgan fingerprint density at radius 1 is 1.29 bits per heavy atom. The molecule has 0 fully saturated rings. The summed E-state index contributed by atoms with van der Waals surface area (Å²) in [5, 5.41) is 6.12. The van der Waals surface area contributed by atoms with E-state index in [-0.39, 0.29) is 12.1 Å². The molecule has 1 atom stereocenters. The average Bonchev–Trinajstić information content (AvgIpc) is 2.14. The molecular weight excluding hydrogens is 216 g/mol. The molecule has 17 heavy (non-hydrogen) atoms. The Labute approximate surface area is 105 Å². The van der Waals surface area contributed by atoms with Crippen LogP contribution < -0.4 is 10.6 Å². The summed E-state index contributed by atoms with van der Waals surface area (Å²) in [5.41, 5.74) is -0.432. The third kappa shape index (κ3) is 11.5. The van der Waals surface area contributed by atoms with Gasteiger partial charge in [0.1, 0.15) is 5.60 Å². The van der Waals surface area contributed by atoms with E-state index in [1.165, 1.54) is 19.3 Å². The molecule has 0 aromatic heterocycles. The van der Waals surface area contributed by atoms with Crippen molar-refractivity contribution in [3.8, 4) is 0 Å². The minimum absolute atomic E-state index is 0.0893. The number of hydrogen-bond acceptors (Lipinski definition) is 3. The van der Waals surface area contributed by atoms with Gasteiger partial charge in [-0.3, -0.25) is 0 Å². The summed E-state index contributed by atoms with van der Waals surface area (Å²) in [6.07, 6.45) is 3.32. The van der Waals surface area contributed by atoms with Crippen LogP contribution in [0, 0.1) is 0 Å². The molecule has 0 saturated carbocycles. The predicted molar refractivity (Wildman–Crippen MR) is 71.2 cm³/mol. The van der Waals surface area contributed by atoms with Crippen LogP contribution in [0.1, 0.15) is 53.9 Å². The largest absolute Gasteiger partial charge is 0.444 e. The first kappa shape index (κ1) is 16.2. The first-order chi connectivity index (χ1) is 7.85. The van der Waals surface area contributed by atoms with E-state index in [1.54, 1.807) is 0 Å². The highest BCUT2D eigenvalue weighted by molar-refractivity contribution is 5.68. The van der Waals surface area contributed by atoms with Crippen LogP contribution in [0.4, 0.5) is 4.79 Å². The summed E-state index contributed by atoms with van der Waals surface area (Å²) >= 11 is 0. The topological polar surface area (TPSA) is 50.4 Å². The Bertz CT molecular complexity index is 212. The number of amides is 1. The van der Waals surface area contributed by atoms with Gasteiger partial charge in [0.25, 0.3) is 0 Å². The van der Waals surface area contributed by atoms with Crippen LogP contribution >= 0.6 is 0 Å². The van der Waals surface area contributed by atoms with E-state index < -0.39 is 5.60 Å². The zero-order valence-corrected chi connectivity index (χ0v) is 11.9. The van der Waals surface area contributed by atoms with Gasteiger partial charge in [-0.05, 0) is 40.7 Å². The first-order valence-corrected chi connectivity index (χ1v) is 6.55. The molecule has 4 heteroatoms. The van der Waals surface area contributed by atoms with Crippen LogP contribution in [-0.2, 0) is 4.74 Å². The summed E-state index contributed by atoms with van der Waals surface area (Å²) in [5.74, 6) is 0. The molecule has 0 bridgehead atoms. The zero-order valence-electron chi connectivity index (χ0n) is 11.9. The van der Waals surface area contributed by atoms with E-state index in [1.807, 2.05) is 27.7 Å². The number of carbonyl (C=O) groups is 1. The van der Waals surface area contributed by atoms with Gasteiger partial charge in [-0.25, -0.2) is 4.79 Å². The van der Waals surface area contributed by atoms with E-state index in [9.17, 15) is 4.79 Å². The van der Waals surface area contributed by atoms with Crippen LogP contribution in [0.5, 0.6) is 0 Å². The fraction of sp³-hybridized carbons (Fsp3) is 0.923. The molecule has 4 nitrogen and oxygen atoms in total. The van der Waals surface area contributed by atoms with Crippen molar-refractivity contribution in [1.82, 2.24) is 10.6 Å². The highest BCUT2D eigenvalue weighted by atomic mass is 16.6. The van der Waals surface area contributed by atoms with Gasteiger partial charge in [0.05, 0.1) is 0 Å². The number of ether oxygens (including phenoxy) is 1. The number of nitrogens with one attached hydrogen (secondary N) is 2. The fourth-order valence-electron chi connectivity index (χ4n) is 1.38. The second-order valence-electron chi connectivity index (χ2n) is 5.46. The molecule has 0 aromatic carbocycles. The summed E-state index contributed by atoms with van der Waals surface area (Å²) < 4.78 is 5.18. The molecule has 1 unspecified atom stereocenters. The van der Waals surface area contributed by atoms with Crippen LogP contribution in [-0.4, -0.2) is 30.8 Å². The quantitative estimate of drug-likeness (QED) is 0.677. The number of hydrogen-bond donors (Lipinski definition) is 2. The van der Waals surface area contributed by atoms with Crippen molar-refractivity contribution in [2.75, 3.05) is 13.1 Å². The van der Waals surface area contributed by atoms with E-state index in [0.717, 1.165) is 13.1 Å². The van der Waals surface area contributed by atoms with Crippen molar-refractivity contribution < 1.29 is 9.53 Å². The maximum atomic E-state index is 11.4. The average molecular weight is 244 g/mol. The Morgan fingerprint density at radius 3 is 2.47 bits per heavy atom. The molecule has 0 spiro atoms. The van der Waals surface area contributed by atoms with Gasteiger partial charge in [0, 0.05) is 12.6 Å². The highest BCUT2D eigenvalue weighted by Gasteiger charge is 2.17. The molecular formula is C13H28N2O2. The second kappa shape index (κ2) is 8.34. The van der Waals surface area contributed by atoms with E-state index in [4.69, 9.17) is 4.74 Å². The van der Waals surface area contributed by atoms with Crippen LogP contribution in [0.3, 0.4) is 0 Å². The number of alkyl carbamates (subject to hydrolysis) is 1. The minimum Gasteiger partial charge on any atom is -0.444 e. The van der Waals surface area contributed by atoms with Gasteiger partial charge in [-0.15, -0.1) is 0 Å². The third-order valence-corrected chi connectivity index (χ3v) is 2.17. The van der Waals surface area contributed by atoms with Gasteiger partial charge < -0.3 is 15.4 Å². The molecule has 0 aliphatic carbocycles. The maximum Gasteiger partial charge on any atom is 0.407 e. The lowest BCUT2D eigenvalue weighted by molar-refractivity contribution is 0.0508. The van der Waals surface area contributed by atoms with E-state index >= 15 is 0 Å². The number of rotatable bonds is 7. The number of carbonyl (C=O) groups excluding carboxylic acids is 1. The fourth-order valence-corrected chi connectivity index (χ4v) is 1.38. The summed E-state index contributed by atoms with van der Waals surface area (Å²) in [6, 6.07) is 0.0893. The summed E-state index contributed by atoms with van der Waals surface area (Å²) in [6.45, 7) is 11.5. The first-order valence-electron chi connectivity index (χ1n) is 6.55. The van der Waals surface area contributed by atoms with E-state index in [2.05, 4.69) is 17.6 Å². The minimum atomic E-state index is -0.432. The Hall–Kier alpha value is -0.770. The standard InChI is InChI=1S/C13H28N2O2/c1-6-7-8-9-14-10-11(2)15-12(16)17-13(3,4)5/h11,14H,6-10H2,1-5H3,(H,15,16). The molecule has 0 aromatic rings. The lowest BCUT2D eigenvalue weighted by Crippen LogP contribution is -2.42. The molecule has 0 aliphatic rings. The van der Waals surface area contributed by atoms with Crippen molar-refractivity contribution in [2.24, 2.45) is 0 Å². The van der Waals surface area contributed by atoms with Gasteiger partial charge in [0.15, 0.2) is 0 Å². The Balaban J connectivity index is 3.57. The molecule has 0 heterocycles. The molecule has 0 radical (unpaired) electrons. The van der Waals surface area contributed by atoms with Crippen LogP contribution in [0.15, 0.2) is 0 Å². The van der Waals surface area contributed by atoms with Gasteiger partial charge in [-0.2, -0.15) is 0 Å². The maximum absolute atomic E-state index is 11.4. The third-order valence-electron chi connectivity index (χ3n) is 2.17. The highest BCUT2D eigenvalue weighted by Crippen LogP contribution is 2.06. The molecule has 102 valence electrons. The molecule has 2 N–H and O–H groups in total. The molecule has 1 amide bonds. The Morgan fingerprint density at radius 2 is 1.94 bits per heavy atom. The normalized spacial score (nSPS) is 13.2. The van der Waals surface area contributed by atoms with Crippen molar-refractivity contribution in [1.29, 1.82) is 0 Å². The predicted octanol–water partition coefficient (Wildman–Crippen LogP) is 2.68. The van der Waals surface area contributed by atoms with Gasteiger partial charge in [0.2, 0.25) is 0 Å². The molecule has 0 aliphatic heterocycles. The lowest BCUT2D eigenvalue weighted by Gasteiger charge is -2.22. The monoisotopic (exact) mass is 244 g/mol. The van der Waals surface area contributed by atoms with Crippen LogP contribution in [0.2, 0.25) is 0 Å². The summed E-state index contributed by atoms with van der Waals surface area (Å²) in [7, 11) is 0. The summed E-state index contributed by atoms with van der Waals surface area (Å²) in [4.78, 5) is 11.4. The number of unbranched alkanes of at least 4 members (excludes halogenated alkanes) is 2. The lowest BCUT2D eigenvalue weighted by atomic mass is 10.2. The van der Waals surface area contributed by atoms with Crippen molar-refractivity contribution >= 4 is 6.09 Å². The van der Waals surface area contributed by atoms with Crippen molar-refractivity contribution in [2.45, 2.75) is 65.5 Å². The van der Waals surface area contributed by atoms with Crippen LogP contribution in [0.25, 0.3) is 0 Å². The van der Waals surface area contributed by atoms with Crippen molar-refractivity contribution in [3.05, 3.63) is 0 Å². The van der Waals surface area contributed by atoms with Gasteiger partial charge >= 0.3 is 6.09 Å². The van der Waals surface area contributed by atoms with E-state index in [0.29, 0.717) is 0 Å². The second-order valence-corrected chi connectivity index (χ2v) is 5.46. The van der Waals surface area contributed by atoms with Gasteiger partial charge in [-0.1, -0.05) is 19.8 Å². The molecule has 0 rings (SSSR count). The Kier molecular flexibility index (Phi) is 7.96. The SMILES string of the molecule is CCCCCNCC(C)NC(=O)OC(C)(C)C. The smallest absolute Gasteiger partial charge is 0.407 e. The molecule has 0 saturated heterocycles.